The van der Waals surface area contributed by atoms with Crippen LogP contribution in [0.15, 0.2) is 41.2 Å². The van der Waals surface area contributed by atoms with Crippen molar-refractivity contribution in [2.24, 2.45) is 0 Å². The Balaban J connectivity index is 1.36. The van der Waals surface area contributed by atoms with Crippen molar-refractivity contribution in [1.82, 2.24) is 15.1 Å². The van der Waals surface area contributed by atoms with Crippen LogP contribution in [0.4, 0.5) is 17.6 Å². The number of hydrogen-bond donors (Lipinski definition) is 1. The lowest BCUT2D eigenvalue weighted by Crippen LogP contribution is -2.33. The largest absolute Gasteiger partial charge is 0.491 e. The summed E-state index contributed by atoms with van der Waals surface area (Å²) in [6.07, 6.45) is -1.87. The van der Waals surface area contributed by atoms with Crippen molar-refractivity contribution in [3.05, 3.63) is 53.7 Å². The molecule has 3 aromatic heterocycles. The number of halogens is 4. The van der Waals surface area contributed by atoms with E-state index in [0.717, 1.165) is 0 Å². The van der Waals surface area contributed by atoms with Crippen molar-refractivity contribution in [1.29, 1.82) is 0 Å². The van der Waals surface area contributed by atoms with Gasteiger partial charge in [0.05, 0.1) is 11.3 Å². The minimum atomic E-state index is -4.63. The first-order valence-electron chi connectivity index (χ1n) is 8.31. The molecule has 6 nitrogen and oxygen atoms in total. The maximum absolute atomic E-state index is 14.0. The summed E-state index contributed by atoms with van der Waals surface area (Å²) >= 11 is 0. The Morgan fingerprint density at radius 2 is 1.89 bits per heavy atom. The minimum absolute atomic E-state index is 0.0151. The Hall–Kier alpha value is -3.17. The maximum Gasteiger partial charge on any atom is 0.417 e. The highest BCUT2D eigenvalue weighted by atomic mass is 19.4. The monoisotopic (exact) mass is 395 g/mol. The number of rotatable bonds is 4. The van der Waals surface area contributed by atoms with Gasteiger partial charge in [0.1, 0.15) is 11.9 Å². The highest BCUT2D eigenvalue weighted by molar-refractivity contribution is 5.57. The fourth-order valence-corrected chi connectivity index (χ4v) is 2.96. The number of pyridine rings is 2. The molecule has 3 heterocycles. The van der Waals surface area contributed by atoms with E-state index in [4.69, 9.17) is 9.26 Å². The number of aromatic hydroxyl groups is 1. The molecule has 1 aliphatic carbocycles. The van der Waals surface area contributed by atoms with Gasteiger partial charge in [-0.3, -0.25) is 4.98 Å². The summed E-state index contributed by atoms with van der Waals surface area (Å²) in [5.41, 5.74) is -0.491. The Morgan fingerprint density at radius 3 is 2.46 bits per heavy atom. The van der Waals surface area contributed by atoms with Crippen molar-refractivity contribution in [3.8, 4) is 23.1 Å². The van der Waals surface area contributed by atoms with E-state index in [1.165, 1.54) is 12.3 Å². The molecule has 1 saturated carbocycles. The average molecular weight is 395 g/mol. The molecular formula is C18H13F4N3O3. The number of alkyl halides is 3. The highest BCUT2D eigenvalue weighted by Crippen LogP contribution is 2.40. The summed E-state index contributed by atoms with van der Waals surface area (Å²) in [6.45, 7) is 0. The van der Waals surface area contributed by atoms with E-state index in [9.17, 15) is 22.7 Å². The van der Waals surface area contributed by atoms with Gasteiger partial charge in [0.15, 0.2) is 5.76 Å². The highest BCUT2D eigenvalue weighted by Gasteiger charge is 2.37. The predicted molar refractivity (Wildman–Crippen MR) is 87.0 cm³/mol. The third kappa shape index (κ3) is 3.62. The molecule has 1 N–H and O–H groups in total. The Kier molecular flexibility index (Phi) is 4.40. The molecule has 0 aliphatic heterocycles. The standard InChI is InChI=1S/C18H13F4N3O3/c19-13-5-11(18(20,21)22)8-24-17(13)10-3-12(4-10)27-16-2-1-9(7-23-16)14-6-15(26)25-28-14/h1-2,5-8,10,12H,3-4H2,(H,25,26)/t10-,12-. The van der Waals surface area contributed by atoms with Crippen molar-refractivity contribution >= 4 is 0 Å². The summed E-state index contributed by atoms with van der Waals surface area (Å²) in [7, 11) is 0. The molecule has 0 atom stereocenters. The van der Waals surface area contributed by atoms with Gasteiger partial charge in [0, 0.05) is 36.0 Å². The summed E-state index contributed by atoms with van der Waals surface area (Å²) < 4.78 is 62.3. The Bertz CT molecular complexity index is 982. The van der Waals surface area contributed by atoms with Crippen LogP contribution in [0.25, 0.3) is 11.3 Å². The first-order chi connectivity index (χ1) is 13.3. The van der Waals surface area contributed by atoms with Gasteiger partial charge in [-0.25, -0.2) is 9.37 Å². The summed E-state index contributed by atoms with van der Waals surface area (Å²) in [6, 6.07) is 5.10. The maximum atomic E-state index is 14.0. The molecular weight excluding hydrogens is 382 g/mol. The number of hydrogen-bond acceptors (Lipinski definition) is 6. The van der Waals surface area contributed by atoms with E-state index in [2.05, 4.69) is 15.1 Å². The molecule has 1 aliphatic rings. The zero-order valence-electron chi connectivity index (χ0n) is 14.2. The first kappa shape index (κ1) is 18.2. The number of aromatic nitrogens is 3. The molecule has 0 bridgehead atoms. The molecule has 4 rings (SSSR count). The van der Waals surface area contributed by atoms with Crippen LogP contribution in [0, 0.1) is 5.82 Å². The summed E-state index contributed by atoms with van der Waals surface area (Å²) in [4.78, 5) is 7.79. The van der Waals surface area contributed by atoms with E-state index in [1.54, 1.807) is 12.1 Å². The Morgan fingerprint density at radius 1 is 1.11 bits per heavy atom. The quantitative estimate of drug-likeness (QED) is 0.663. The van der Waals surface area contributed by atoms with Gasteiger partial charge in [-0.2, -0.15) is 13.2 Å². The fraction of sp³-hybridized carbons (Fsp3) is 0.278. The van der Waals surface area contributed by atoms with Crippen molar-refractivity contribution < 1.29 is 31.9 Å². The SMILES string of the molecule is Oc1cc(-c2ccc(O[C@H]3C[C@H](c4ncc(C(F)(F)F)cc4F)C3)nc2)on1. The normalized spacial score (nSPS) is 19.3. The van der Waals surface area contributed by atoms with E-state index < -0.39 is 17.6 Å². The molecule has 3 aromatic rings. The molecule has 146 valence electrons. The zero-order valence-corrected chi connectivity index (χ0v) is 14.2. The van der Waals surface area contributed by atoms with Crippen molar-refractivity contribution in [3.63, 3.8) is 0 Å². The second kappa shape index (κ2) is 6.77. The lowest BCUT2D eigenvalue weighted by Gasteiger charge is -2.34. The van der Waals surface area contributed by atoms with Crippen LogP contribution in [0.5, 0.6) is 11.8 Å². The Labute approximate surface area is 155 Å². The number of nitrogens with zero attached hydrogens (tertiary/aromatic N) is 3. The first-order valence-corrected chi connectivity index (χ1v) is 8.31. The molecule has 0 spiro atoms. The molecule has 0 aromatic carbocycles. The molecule has 1 fully saturated rings. The molecule has 0 radical (unpaired) electrons. The van der Waals surface area contributed by atoms with Crippen LogP contribution in [-0.4, -0.2) is 26.3 Å². The van der Waals surface area contributed by atoms with Crippen LogP contribution in [-0.2, 0) is 6.18 Å². The molecule has 28 heavy (non-hydrogen) atoms. The predicted octanol–water partition coefficient (Wildman–Crippen LogP) is 4.32. The zero-order chi connectivity index (χ0) is 19.9. The van der Waals surface area contributed by atoms with Crippen molar-refractivity contribution in [2.75, 3.05) is 0 Å². The van der Waals surface area contributed by atoms with Gasteiger partial charge < -0.3 is 14.4 Å². The molecule has 10 heteroatoms. The van der Waals surface area contributed by atoms with Crippen LogP contribution in [0.3, 0.4) is 0 Å². The van der Waals surface area contributed by atoms with Crippen LogP contribution < -0.4 is 4.74 Å². The van der Waals surface area contributed by atoms with E-state index >= 15 is 0 Å². The second-order valence-electron chi connectivity index (χ2n) is 6.43. The average Bonchev–Trinajstić information content (AvgIpc) is 3.04. The van der Waals surface area contributed by atoms with Gasteiger partial charge in [-0.1, -0.05) is 0 Å². The van der Waals surface area contributed by atoms with Crippen LogP contribution in [0.2, 0.25) is 0 Å². The summed E-state index contributed by atoms with van der Waals surface area (Å²) in [5, 5.41) is 12.6. The summed E-state index contributed by atoms with van der Waals surface area (Å²) in [5.74, 6) is -0.805. The van der Waals surface area contributed by atoms with Gasteiger partial charge in [-0.05, 0) is 30.1 Å². The van der Waals surface area contributed by atoms with E-state index in [1.807, 2.05) is 0 Å². The van der Waals surface area contributed by atoms with Gasteiger partial charge in [0.25, 0.3) is 5.88 Å². The minimum Gasteiger partial charge on any atom is -0.491 e. The van der Waals surface area contributed by atoms with E-state index in [-0.39, 0.29) is 23.6 Å². The van der Waals surface area contributed by atoms with Crippen LogP contribution >= 0.6 is 0 Å². The van der Waals surface area contributed by atoms with Crippen LogP contribution in [0.1, 0.15) is 30.0 Å². The van der Waals surface area contributed by atoms with Gasteiger partial charge in [0.2, 0.25) is 5.88 Å². The molecule has 0 unspecified atom stereocenters. The fourth-order valence-electron chi connectivity index (χ4n) is 2.96. The van der Waals surface area contributed by atoms with Crippen molar-refractivity contribution in [2.45, 2.75) is 31.0 Å². The lowest BCUT2D eigenvalue weighted by molar-refractivity contribution is -0.138. The lowest BCUT2D eigenvalue weighted by atomic mass is 9.79. The molecule has 0 saturated heterocycles. The number of ether oxygens (including phenoxy) is 1. The van der Waals surface area contributed by atoms with Gasteiger partial charge >= 0.3 is 6.18 Å². The topological polar surface area (TPSA) is 81.3 Å². The third-order valence-corrected chi connectivity index (χ3v) is 4.48. The smallest absolute Gasteiger partial charge is 0.417 e. The molecule has 0 amide bonds. The third-order valence-electron chi connectivity index (χ3n) is 4.48. The second-order valence-corrected chi connectivity index (χ2v) is 6.43. The van der Waals surface area contributed by atoms with E-state index in [0.29, 0.717) is 42.3 Å². The van der Waals surface area contributed by atoms with Gasteiger partial charge in [-0.15, -0.1) is 0 Å².